The first kappa shape index (κ1) is 25.6. The Hall–Kier alpha value is -3.06. The normalized spacial score (nSPS) is 20.5. The summed E-state index contributed by atoms with van der Waals surface area (Å²) in [5.41, 5.74) is 3.34. The van der Waals surface area contributed by atoms with Gasteiger partial charge in [-0.15, -0.1) is 0 Å². The number of nitrogens with zero attached hydrogens (tertiary/aromatic N) is 5. The van der Waals surface area contributed by atoms with Crippen molar-refractivity contribution in [3.05, 3.63) is 47.7 Å². The third kappa shape index (κ3) is 5.19. The molecule has 1 aromatic heterocycles. The summed E-state index contributed by atoms with van der Waals surface area (Å²) >= 11 is 0. The van der Waals surface area contributed by atoms with Crippen LogP contribution in [0.15, 0.2) is 36.4 Å². The quantitative estimate of drug-likeness (QED) is 0.442. The first-order valence-corrected chi connectivity index (χ1v) is 13.8. The van der Waals surface area contributed by atoms with Crippen molar-refractivity contribution in [3.8, 4) is 11.8 Å². The highest BCUT2D eigenvalue weighted by molar-refractivity contribution is 5.95. The van der Waals surface area contributed by atoms with Crippen molar-refractivity contribution in [2.45, 2.75) is 77.6 Å². The Morgan fingerprint density at radius 1 is 1.08 bits per heavy atom. The standard InChI is InChI=1S/C30H41N5O2/c1-6-22-12-13-23(7-2)35(22)29-26-14-15-34(28-17-24(36)16-21-10-8-9-11-25(21)28)19-27(26)31-30(32-29)37-20(3)18-33(4)5/h8-11,16-17,20,22-23,36H,6-7,12-15,18-19H2,1-5H3. The zero-order valence-corrected chi connectivity index (χ0v) is 22.9. The maximum absolute atomic E-state index is 10.5. The van der Waals surface area contributed by atoms with E-state index in [9.17, 15) is 5.11 Å². The number of hydrogen-bond acceptors (Lipinski definition) is 7. The van der Waals surface area contributed by atoms with Gasteiger partial charge < -0.3 is 24.5 Å². The van der Waals surface area contributed by atoms with E-state index in [4.69, 9.17) is 14.7 Å². The minimum absolute atomic E-state index is 0.0156. The molecule has 3 heterocycles. The molecule has 37 heavy (non-hydrogen) atoms. The van der Waals surface area contributed by atoms with Crippen molar-refractivity contribution in [2.75, 3.05) is 37.0 Å². The number of likely N-dealkylation sites (N-methyl/N-ethyl adjacent to an activating group) is 1. The highest BCUT2D eigenvalue weighted by Crippen LogP contribution is 2.40. The fourth-order valence-corrected chi connectivity index (χ4v) is 6.24. The van der Waals surface area contributed by atoms with Gasteiger partial charge >= 0.3 is 6.01 Å². The third-order valence-corrected chi connectivity index (χ3v) is 7.92. The summed E-state index contributed by atoms with van der Waals surface area (Å²) in [6.45, 7) is 8.97. The van der Waals surface area contributed by atoms with Crippen LogP contribution in [0.1, 0.15) is 57.7 Å². The van der Waals surface area contributed by atoms with E-state index in [-0.39, 0.29) is 11.9 Å². The molecule has 0 radical (unpaired) electrons. The fourth-order valence-electron chi connectivity index (χ4n) is 6.24. The van der Waals surface area contributed by atoms with E-state index in [0.717, 1.165) is 60.3 Å². The molecule has 1 saturated heterocycles. The molecule has 2 aromatic carbocycles. The van der Waals surface area contributed by atoms with Crippen LogP contribution in [0, 0.1) is 0 Å². The Kier molecular flexibility index (Phi) is 7.43. The van der Waals surface area contributed by atoms with E-state index in [0.29, 0.717) is 24.6 Å². The van der Waals surface area contributed by atoms with Crippen LogP contribution in [-0.2, 0) is 13.0 Å². The van der Waals surface area contributed by atoms with E-state index >= 15 is 0 Å². The summed E-state index contributed by atoms with van der Waals surface area (Å²) in [5, 5.41) is 12.7. The number of phenols is 1. The first-order chi connectivity index (χ1) is 17.9. The van der Waals surface area contributed by atoms with Crippen LogP contribution in [0.4, 0.5) is 11.5 Å². The van der Waals surface area contributed by atoms with Gasteiger partial charge in [0.1, 0.15) is 17.7 Å². The molecular formula is C30H41N5O2. The van der Waals surface area contributed by atoms with Crippen molar-refractivity contribution in [1.29, 1.82) is 0 Å². The second-order valence-electron chi connectivity index (χ2n) is 10.9. The van der Waals surface area contributed by atoms with Crippen LogP contribution in [0.2, 0.25) is 0 Å². The van der Waals surface area contributed by atoms with Crippen molar-refractivity contribution in [1.82, 2.24) is 14.9 Å². The van der Waals surface area contributed by atoms with Gasteiger partial charge in [-0.3, -0.25) is 0 Å². The molecule has 3 aromatic rings. The molecule has 3 unspecified atom stereocenters. The Labute approximate surface area is 221 Å². The van der Waals surface area contributed by atoms with Gasteiger partial charge in [0.15, 0.2) is 0 Å². The summed E-state index contributed by atoms with van der Waals surface area (Å²) in [6.07, 6.45) is 5.50. The van der Waals surface area contributed by atoms with E-state index < -0.39 is 0 Å². The molecule has 3 atom stereocenters. The maximum atomic E-state index is 10.5. The molecule has 2 aliphatic rings. The lowest BCUT2D eigenvalue weighted by Crippen LogP contribution is -2.40. The fraction of sp³-hybridized carbons (Fsp3) is 0.533. The number of anilines is 2. The molecule has 7 nitrogen and oxygen atoms in total. The summed E-state index contributed by atoms with van der Waals surface area (Å²) in [6, 6.07) is 13.4. The van der Waals surface area contributed by atoms with E-state index in [2.05, 4.69) is 67.8 Å². The average molecular weight is 504 g/mol. The van der Waals surface area contributed by atoms with Crippen LogP contribution in [0.25, 0.3) is 10.8 Å². The minimum Gasteiger partial charge on any atom is -0.508 e. The summed E-state index contributed by atoms with van der Waals surface area (Å²) in [7, 11) is 4.11. The Balaban J connectivity index is 1.56. The second kappa shape index (κ2) is 10.7. The van der Waals surface area contributed by atoms with E-state index in [1.807, 2.05) is 18.2 Å². The molecular weight excluding hydrogens is 462 g/mol. The van der Waals surface area contributed by atoms with Crippen LogP contribution in [0.3, 0.4) is 0 Å². The number of ether oxygens (including phenoxy) is 1. The summed E-state index contributed by atoms with van der Waals surface area (Å²) < 4.78 is 6.31. The molecule has 5 rings (SSSR count). The number of rotatable bonds is 8. The number of hydrogen-bond donors (Lipinski definition) is 1. The average Bonchev–Trinajstić information content (AvgIpc) is 3.30. The van der Waals surface area contributed by atoms with Gasteiger partial charge in [-0.2, -0.15) is 9.97 Å². The molecule has 1 N–H and O–H groups in total. The van der Waals surface area contributed by atoms with E-state index in [1.165, 1.54) is 18.4 Å². The van der Waals surface area contributed by atoms with Gasteiger partial charge in [0.25, 0.3) is 0 Å². The predicted octanol–water partition coefficient (Wildman–Crippen LogP) is 5.38. The molecule has 1 fully saturated rings. The van der Waals surface area contributed by atoms with Gasteiger partial charge in [-0.05, 0) is 64.6 Å². The Morgan fingerprint density at radius 3 is 2.51 bits per heavy atom. The van der Waals surface area contributed by atoms with Crippen LogP contribution in [-0.4, -0.2) is 65.3 Å². The van der Waals surface area contributed by atoms with Gasteiger partial charge in [0, 0.05) is 47.9 Å². The monoisotopic (exact) mass is 503 g/mol. The molecule has 0 amide bonds. The summed E-state index contributed by atoms with van der Waals surface area (Å²) in [4.78, 5) is 17.1. The maximum Gasteiger partial charge on any atom is 0.318 e. The van der Waals surface area contributed by atoms with Crippen LogP contribution in [0.5, 0.6) is 11.8 Å². The number of fused-ring (bicyclic) bond motifs is 2. The third-order valence-electron chi connectivity index (χ3n) is 7.92. The number of aromatic hydroxyl groups is 1. The van der Waals surface area contributed by atoms with Crippen molar-refractivity contribution >= 4 is 22.3 Å². The molecule has 7 heteroatoms. The highest BCUT2D eigenvalue weighted by atomic mass is 16.5. The van der Waals surface area contributed by atoms with Gasteiger partial charge in [-0.25, -0.2) is 0 Å². The van der Waals surface area contributed by atoms with Gasteiger partial charge in [-0.1, -0.05) is 38.1 Å². The lowest BCUT2D eigenvalue weighted by atomic mass is 10.0. The largest absolute Gasteiger partial charge is 0.508 e. The lowest BCUT2D eigenvalue weighted by molar-refractivity contribution is 0.163. The molecule has 0 saturated carbocycles. The number of phenolic OH excluding ortho intramolecular Hbond substituents is 1. The highest BCUT2D eigenvalue weighted by Gasteiger charge is 2.36. The smallest absolute Gasteiger partial charge is 0.318 e. The molecule has 0 bridgehead atoms. The van der Waals surface area contributed by atoms with Crippen LogP contribution >= 0.6 is 0 Å². The topological polar surface area (TPSA) is 65.0 Å². The molecule has 0 aliphatic carbocycles. The second-order valence-corrected chi connectivity index (χ2v) is 10.9. The van der Waals surface area contributed by atoms with Crippen molar-refractivity contribution in [2.24, 2.45) is 0 Å². The van der Waals surface area contributed by atoms with Crippen LogP contribution < -0.4 is 14.5 Å². The predicted molar refractivity (Wildman–Crippen MR) is 151 cm³/mol. The summed E-state index contributed by atoms with van der Waals surface area (Å²) in [5.74, 6) is 1.37. The molecule has 0 spiro atoms. The first-order valence-electron chi connectivity index (χ1n) is 13.8. The van der Waals surface area contributed by atoms with Crippen molar-refractivity contribution in [3.63, 3.8) is 0 Å². The zero-order chi connectivity index (χ0) is 26.1. The number of aromatic nitrogens is 2. The Bertz CT molecular complexity index is 1230. The van der Waals surface area contributed by atoms with Gasteiger partial charge in [0.2, 0.25) is 0 Å². The SMILES string of the molecule is CCC1CCC(CC)N1c1nc(OC(C)CN(C)C)nc2c1CCN(c1cc(O)cc3ccccc13)C2. The van der Waals surface area contributed by atoms with Crippen molar-refractivity contribution < 1.29 is 9.84 Å². The molecule has 198 valence electrons. The minimum atomic E-state index is -0.0156. The van der Waals surface area contributed by atoms with Gasteiger partial charge in [0.05, 0.1) is 12.2 Å². The Morgan fingerprint density at radius 2 is 1.81 bits per heavy atom. The number of benzene rings is 2. The van der Waals surface area contributed by atoms with E-state index in [1.54, 1.807) is 0 Å². The zero-order valence-electron chi connectivity index (χ0n) is 22.9. The molecule has 2 aliphatic heterocycles. The lowest BCUT2D eigenvalue weighted by Gasteiger charge is -2.37.